The minimum Gasteiger partial charge on any atom is -0.323 e. The summed E-state index contributed by atoms with van der Waals surface area (Å²) in [5.41, 5.74) is -0.151. The van der Waals surface area contributed by atoms with Gasteiger partial charge in [0.2, 0.25) is 5.91 Å². The summed E-state index contributed by atoms with van der Waals surface area (Å²) >= 11 is 1.54. The SMILES string of the molecule is O=C(CN1C(=O)NC2(CCCCC2)C1=O)Nc1ccccc1Sc1ccccc1. The van der Waals surface area contributed by atoms with Crippen molar-refractivity contribution in [3.8, 4) is 0 Å². The van der Waals surface area contributed by atoms with Gasteiger partial charge in [0, 0.05) is 9.79 Å². The molecule has 2 aliphatic rings. The lowest BCUT2D eigenvalue weighted by Gasteiger charge is -2.30. The maximum atomic E-state index is 12.8. The van der Waals surface area contributed by atoms with Gasteiger partial charge in [-0.15, -0.1) is 0 Å². The molecule has 1 heterocycles. The highest BCUT2D eigenvalue weighted by Crippen LogP contribution is 2.35. The first-order valence-corrected chi connectivity index (χ1v) is 10.6. The van der Waals surface area contributed by atoms with Crippen molar-refractivity contribution in [3.63, 3.8) is 0 Å². The summed E-state index contributed by atoms with van der Waals surface area (Å²) in [6, 6.07) is 16.9. The van der Waals surface area contributed by atoms with E-state index in [4.69, 9.17) is 0 Å². The summed E-state index contributed by atoms with van der Waals surface area (Å²) in [6.45, 7) is -0.281. The molecule has 2 aromatic carbocycles. The third-order valence-corrected chi connectivity index (χ3v) is 6.47. The summed E-state index contributed by atoms with van der Waals surface area (Å²) in [7, 11) is 0. The Morgan fingerprint density at radius 1 is 1.00 bits per heavy atom. The molecule has 4 rings (SSSR count). The fraction of sp³-hybridized carbons (Fsp3) is 0.318. The summed E-state index contributed by atoms with van der Waals surface area (Å²) in [5, 5.41) is 5.69. The summed E-state index contributed by atoms with van der Waals surface area (Å²) in [4.78, 5) is 40.9. The van der Waals surface area contributed by atoms with Crippen LogP contribution in [0.1, 0.15) is 32.1 Å². The van der Waals surface area contributed by atoms with Gasteiger partial charge in [0.25, 0.3) is 5.91 Å². The number of hydrogen-bond acceptors (Lipinski definition) is 4. The number of amides is 4. The lowest BCUT2D eigenvalue weighted by Crippen LogP contribution is -2.48. The minimum atomic E-state index is -0.809. The van der Waals surface area contributed by atoms with Crippen LogP contribution in [0, 0.1) is 0 Å². The molecule has 2 fully saturated rings. The third-order valence-electron chi connectivity index (χ3n) is 5.39. The number of rotatable bonds is 5. The lowest BCUT2D eigenvalue weighted by molar-refractivity contribution is -0.134. The molecule has 1 saturated carbocycles. The summed E-state index contributed by atoms with van der Waals surface area (Å²) < 4.78 is 0. The Bertz CT molecular complexity index is 926. The minimum absolute atomic E-state index is 0.274. The average molecular weight is 410 g/mol. The van der Waals surface area contributed by atoms with Crippen LogP contribution < -0.4 is 10.6 Å². The van der Waals surface area contributed by atoms with E-state index >= 15 is 0 Å². The zero-order valence-corrected chi connectivity index (χ0v) is 16.8. The van der Waals surface area contributed by atoms with Gasteiger partial charge in [0.15, 0.2) is 0 Å². The molecule has 1 spiro atoms. The fourth-order valence-corrected chi connectivity index (χ4v) is 4.84. The highest BCUT2D eigenvalue weighted by molar-refractivity contribution is 7.99. The van der Waals surface area contributed by atoms with E-state index in [1.807, 2.05) is 54.6 Å². The molecule has 4 amide bonds. The first-order valence-electron chi connectivity index (χ1n) is 9.83. The molecule has 2 aromatic rings. The predicted molar refractivity (Wildman–Crippen MR) is 112 cm³/mol. The van der Waals surface area contributed by atoms with Crippen molar-refractivity contribution in [2.75, 3.05) is 11.9 Å². The van der Waals surface area contributed by atoms with Gasteiger partial charge in [0.05, 0.1) is 5.69 Å². The van der Waals surface area contributed by atoms with Crippen LogP contribution in [0.3, 0.4) is 0 Å². The van der Waals surface area contributed by atoms with Gasteiger partial charge in [-0.05, 0) is 37.1 Å². The molecule has 2 N–H and O–H groups in total. The maximum Gasteiger partial charge on any atom is 0.325 e. The van der Waals surface area contributed by atoms with Crippen LogP contribution in [0.2, 0.25) is 0 Å². The highest BCUT2D eigenvalue weighted by Gasteiger charge is 2.51. The van der Waals surface area contributed by atoms with Crippen LogP contribution in [0.15, 0.2) is 64.4 Å². The van der Waals surface area contributed by atoms with Crippen molar-refractivity contribution in [2.45, 2.75) is 47.4 Å². The van der Waals surface area contributed by atoms with Gasteiger partial charge in [-0.2, -0.15) is 0 Å². The Morgan fingerprint density at radius 2 is 1.69 bits per heavy atom. The van der Waals surface area contributed by atoms with Gasteiger partial charge in [-0.1, -0.05) is 61.4 Å². The number of para-hydroxylation sites is 1. The molecular weight excluding hydrogens is 386 g/mol. The van der Waals surface area contributed by atoms with E-state index in [-0.39, 0.29) is 18.4 Å². The van der Waals surface area contributed by atoms with Crippen LogP contribution in [0.25, 0.3) is 0 Å². The topological polar surface area (TPSA) is 78.5 Å². The number of nitrogens with one attached hydrogen (secondary N) is 2. The van der Waals surface area contributed by atoms with Crippen molar-refractivity contribution in [2.24, 2.45) is 0 Å². The lowest BCUT2D eigenvalue weighted by atomic mass is 9.82. The monoisotopic (exact) mass is 409 g/mol. The zero-order valence-electron chi connectivity index (χ0n) is 16.0. The molecular formula is C22H23N3O3S. The molecule has 6 nitrogen and oxygen atoms in total. The Morgan fingerprint density at radius 3 is 2.45 bits per heavy atom. The Labute approximate surface area is 174 Å². The second-order valence-electron chi connectivity index (χ2n) is 7.42. The quantitative estimate of drug-likeness (QED) is 0.731. The Kier molecular flexibility index (Phi) is 5.58. The fourth-order valence-electron chi connectivity index (χ4n) is 3.92. The number of anilines is 1. The van der Waals surface area contributed by atoms with Crippen LogP contribution >= 0.6 is 11.8 Å². The van der Waals surface area contributed by atoms with Crippen molar-refractivity contribution < 1.29 is 14.4 Å². The van der Waals surface area contributed by atoms with Gasteiger partial charge >= 0.3 is 6.03 Å². The van der Waals surface area contributed by atoms with E-state index in [9.17, 15) is 14.4 Å². The Balaban J connectivity index is 1.44. The van der Waals surface area contributed by atoms with E-state index in [0.717, 1.165) is 34.0 Å². The largest absolute Gasteiger partial charge is 0.325 e. The maximum absolute atomic E-state index is 12.8. The molecule has 0 bridgehead atoms. The second-order valence-corrected chi connectivity index (χ2v) is 8.54. The smallest absolute Gasteiger partial charge is 0.323 e. The van der Waals surface area contributed by atoms with Crippen LogP contribution in [0.4, 0.5) is 10.5 Å². The molecule has 0 unspecified atom stereocenters. The van der Waals surface area contributed by atoms with Crippen molar-refractivity contribution in [1.82, 2.24) is 10.2 Å². The van der Waals surface area contributed by atoms with Crippen LogP contribution in [-0.4, -0.2) is 34.8 Å². The zero-order chi connectivity index (χ0) is 20.3. The summed E-state index contributed by atoms with van der Waals surface area (Å²) in [6.07, 6.45) is 4.19. The number of benzene rings is 2. The number of imide groups is 1. The standard InChI is InChI=1S/C22H23N3O3S/c26-19(15-25-20(27)22(24-21(25)28)13-7-2-8-14-22)23-17-11-5-6-12-18(17)29-16-9-3-1-4-10-16/h1,3-6,9-12H,2,7-8,13-15H2,(H,23,26)(H,24,28). The molecule has 1 saturated heterocycles. The van der Waals surface area contributed by atoms with E-state index in [1.54, 1.807) is 11.8 Å². The number of carbonyl (C=O) groups excluding carboxylic acids is 3. The number of urea groups is 1. The number of carbonyl (C=O) groups is 3. The first-order chi connectivity index (χ1) is 14.1. The van der Waals surface area contributed by atoms with E-state index < -0.39 is 11.6 Å². The van der Waals surface area contributed by atoms with Crippen molar-refractivity contribution in [3.05, 3.63) is 54.6 Å². The molecule has 7 heteroatoms. The van der Waals surface area contributed by atoms with Crippen molar-refractivity contribution in [1.29, 1.82) is 0 Å². The van der Waals surface area contributed by atoms with Crippen LogP contribution in [0.5, 0.6) is 0 Å². The molecule has 0 radical (unpaired) electrons. The highest BCUT2D eigenvalue weighted by atomic mass is 32.2. The van der Waals surface area contributed by atoms with Gasteiger partial charge < -0.3 is 10.6 Å². The molecule has 150 valence electrons. The number of hydrogen-bond donors (Lipinski definition) is 2. The third kappa shape index (κ3) is 4.15. The predicted octanol–water partition coefficient (Wildman–Crippen LogP) is 4.03. The molecule has 29 heavy (non-hydrogen) atoms. The van der Waals surface area contributed by atoms with Crippen LogP contribution in [-0.2, 0) is 9.59 Å². The van der Waals surface area contributed by atoms with Gasteiger partial charge in [0.1, 0.15) is 12.1 Å². The van der Waals surface area contributed by atoms with E-state index in [0.29, 0.717) is 18.5 Å². The van der Waals surface area contributed by atoms with Gasteiger partial charge in [-0.3, -0.25) is 14.5 Å². The van der Waals surface area contributed by atoms with E-state index in [1.165, 1.54) is 0 Å². The number of nitrogens with zero attached hydrogens (tertiary/aromatic N) is 1. The normalized spacial score (nSPS) is 18.0. The molecule has 1 aliphatic heterocycles. The van der Waals surface area contributed by atoms with E-state index in [2.05, 4.69) is 10.6 Å². The first kappa shape index (κ1) is 19.5. The van der Waals surface area contributed by atoms with Gasteiger partial charge in [-0.25, -0.2) is 4.79 Å². The molecule has 0 aromatic heterocycles. The summed E-state index contributed by atoms with van der Waals surface area (Å²) in [5.74, 6) is -0.660. The molecule has 0 atom stereocenters. The average Bonchev–Trinajstić information content (AvgIpc) is 2.95. The van der Waals surface area contributed by atoms with Crippen molar-refractivity contribution >= 4 is 35.3 Å². The second kappa shape index (κ2) is 8.29. The molecule has 1 aliphatic carbocycles. The Hall–Kier alpha value is -2.80.